The largest absolute Gasteiger partial charge is 0.468 e. The molecular weight excluding hydrogens is 340 g/mol. The van der Waals surface area contributed by atoms with Crippen LogP contribution in [0.2, 0.25) is 0 Å². The normalized spacial score (nSPS) is 17.1. The van der Waals surface area contributed by atoms with Crippen LogP contribution in [-0.4, -0.2) is 40.4 Å². The van der Waals surface area contributed by atoms with Crippen molar-refractivity contribution < 1.29 is 9.21 Å². The van der Waals surface area contributed by atoms with Gasteiger partial charge in [0, 0.05) is 30.5 Å². The van der Waals surface area contributed by atoms with E-state index in [9.17, 15) is 4.79 Å². The van der Waals surface area contributed by atoms with Gasteiger partial charge in [0.2, 0.25) is 0 Å². The predicted octanol–water partition coefficient (Wildman–Crippen LogP) is 3.43. The smallest absolute Gasteiger partial charge is 0.255 e. The van der Waals surface area contributed by atoms with E-state index in [1.807, 2.05) is 24.3 Å². The van der Waals surface area contributed by atoms with Gasteiger partial charge in [-0.25, -0.2) is 0 Å². The molecule has 4 rings (SSSR count). The summed E-state index contributed by atoms with van der Waals surface area (Å²) >= 11 is 0. The first kappa shape index (κ1) is 17.7. The minimum absolute atomic E-state index is 0.0346. The number of carbonyl (C=O) groups excluding carboxylic acids is 1. The number of hydrogen-bond acceptors (Lipinski definition) is 5. The van der Waals surface area contributed by atoms with Crippen molar-refractivity contribution in [2.75, 3.05) is 19.6 Å². The number of nitrogens with one attached hydrogen (secondary N) is 1. The fraction of sp³-hybridized carbons (Fsp3) is 0.381. The van der Waals surface area contributed by atoms with Crippen LogP contribution in [0.25, 0.3) is 10.9 Å². The molecule has 6 heteroatoms. The molecule has 1 aliphatic heterocycles. The van der Waals surface area contributed by atoms with Gasteiger partial charge in [0.05, 0.1) is 23.4 Å². The van der Waals surface area contributed by atoms with Crippen LogP contribution in [0.3, 0.4) is 0 Å². The molecule has 140 valence electrons. The number of piperidine rings is 1. The minimum Gasteiger partial charge on any atom is -0.468 e. The fourth-order valence-corrected chi connectivity index (χ4v) is 3.68. The summed E-state index contributed by atoms with van der Waals surface area (Å²) in [6, 6.07) is 7.67. The number of carbonyl (C=O) groups is 1. The second kappa shape index (κ2) is 7.88. The number of rotatable bonds is 5. The molecule has 0 aliphatic carbocycles. The van der Waals surface area contributed by atoms with Gasteiger partial charge in [-0.3, -0.25) is 19.7 Å². The molecule has 1 fully saturated rings. The minimum atomic E-state index is -0.159. The lowest BCUT2D eigenvalue weighted by molar-refractivity contribution is 0.0896. The van der Waals surface area contributed by atoms with Gasteiger partial charge in [-0.05, 0) is 56.1 Å². The van der Waals surface area contributed by atoms with Crippen molar-refractivity contribution in [3.05, 3.63) is 60.4 Å². The van der Waals surface area contributed by atoms with Crippen LogP contribution in [0.1, 0.15) is 41.9 Å². The molecule has 0 radical (unpaired) electrons. The highest BCUT2D eigenvalue weighted by atomic mass is 16.3. The average Bonchev–Trinajstić information content (AvgIpc) is 3.23. The van der Waals surface area contributed by atoms with E-state index in [0.717, 1.165) is 30.2 Å². The Kier molecular flexibility index (Phi) is 5.16. The molecular formula is C21H24N4O2. The molecule has 1 aliphatic rings. The molecule has 3 aromatic heterocycles. The highest BCUT2D eigenvalue weighted by molar-refractivity contribution is 6.04. The van der Waals surface area contributed by atoms with E-state index >= 15 is 0 Å². The van der Waals surface area contributed by atoms with Crippen molar-refractivity contribution in [3.63, 3.8) is 0 Å². The summed E-state index contributed by atoms with van der Waals surface area (Å²) in [5, 5.41) is 3.93. The van der Waals surface area contributed by atoms with E-state index < -0.39 is 0 Å². The summed E-state index contributed by atoms with van der Waals surface area (Å²) in [6.07, 6.45) is 9.02. The van der Waals surface area contributed by atoms with Gasteiger partial charge in [0.1, 0.15) is 5.76 Å². The summed E-state index contributed by atoms with van der Waals surface area (Å²) in [4.78, 5) is 23.8. The van der Waals surface area contributed by atoms with Crippen molar-refractivity contribution in [2.45, 2.75) is 25.8 Å². The van der Waals surface area contributed by atoms with Gasteiger partial charge in [-0.2, -0.15) is 0 Å². The van der Waals surface area contributed by atoms with E-state index in [-0.39, 0.29) is 11.9 Å². The standard InChI is InChI=1S/C21H24N4O2/c1-15-6-9-25(10-7-15)18(19-5-3-11-27-19)14-24-21(26)17-13-22-12-16-4-2-8-23-20(16)17/h2-5,8,11-13,15,18H,6-7,9-10,14H2,1H3,(H,24,26). The van der Waals surface area contributed by atoms with Gasteiger partial charge in [0.15, 0.2) is 0 Å². The Morgan fingerprint density at radius 1 is 1.30 bits per heavy atom. The molecule has 1 saturated heterocycles. The molecule has 0 spiro atoms. The van der Waals surface area contributed by atoms with Crippen molar-refractivity contribution in [3.8, 4) is 0 Å². The molecule has 3 aromatic rings. The Morgan fingerprint density at radius 3 is 2.93 bits per heavy atom. The van der Waals surface area contributed by atoms with E-state index in [2.05, 4.69) is 27.1 Å². The molecule has 0 saturated carbocycles. The van der Waals surface area contributed by atoms with Gasteiger partial charge in [-0.1, -0.05) is 6.92 Å². The van der Waals surface area contributed by atoms with Gasteiger partial charge < -0.3 is 9.73 Å². The summed E-state index contributed by atoms with van der Waals surface area (Å²) in [5.41, 5.74) is 1.17. The van der Waals surface area contributed by atoms with Crippen molar-refractivity contribution >= 4 is 16.8 Å². The third kappa shape index (κ3) is 3.85. The molecule has 6 nitrogen and oxygen atoms in total. The number of likely N-dealkylation sites (tertiary alicyclic amines) is 1. The lowest BCUT2D eigenvalue weighted by Gasteiger charge is -2.35. The highest BCUT2D eigenvalue weighted by Gasteiger charge is 2.27. The third-order valence-corrected chi connectivity index (χ3v) is 5.34. The summed E-state index contributed by atoms with van der Waals surface area (Å²) in [7, 11) is 0. The van der Waals surface area contributed by atoms with Crippen LogP contribution >= 0.6 is 0 Å². The zero-order chi connectivity index (χ0) is 18.6. The highest BCUT2D eigenvalue weighted by Crippen LogP contribution is 2.27. The number of fused-ring (bicyclic) bond motifs is 1. The number of amides is 1. The number of hydrogen-bond donors (Lipinski definition) is 1. The zero-order valence-corrected chi connectivity index (χ0v) is 15.5. The van der Waals surface area contributed by atoms with Crippen LogP contribution in [-0.2, 0) is 0 Å². The van der Waals surface area contributed by atoms with E-state index in [1.165, 1.54) is 12.8 Å². The number of pyridine rings is 2. The maximum absolute atomic E-state index is 12.8. The van der Waals surface area contributed by atoms with Gasteiger partial charge in [0.25, 0.3) is 5.91 Å². The molecule has 1 amide bonds. The number of aromatic nitrogens is 2. The zero-order valence-electron chi connectivity index (χ0n) is 15.5. The monoisotopic (exact) mass is 364 g/mol. The van der Waals surface area contributed by atoms with Crippen molar-refractivity contribution in [2.24, 2.45) is 5.92 Å². The third-order valence-electron chi connectivity index (χ3n) is 5.34. The Hall–Kier alpha value is -2.73. The van der Waals surface area contributed by atoms with Crippen LogP contribution in [0.15, 0.2) is 53.5 Å². The van der Waals surface area contributed by atoms with Crippen LogP contribution in [0, 0.1) is 5.92 Å². The summed E-state index contributed by atoms with van der Waals surface area (Å²) in [5.74, 6) is 1.48. The molecule has 0 bridgehead atoms. The average molecular weight is 364 g/mol. The van der Waals surface area contributed by atoms with Crippen LogP contribution in [0.5, 0.6) is 0 Å². The summed E-state index contributed by atoms with van der Waals surface area (Å²) in [6.45, 7) is 4.81. The molecule has 1 N–H and O–H groups in total. The van der Waals surface area contributed by atoms with E-state index in [4.69, 9.17) is 4.42 Å². The lowest BCUT2D eigenvalue weighted by Crippen LogP contribution is -2.41. The molecule has 1 atom stereocenters. The van der Waals surface area contributed by atoms with Crippen molar-refractivity contribution in [1.29, 1.82) is 0 Å². The first-order valence-corrected chi connectivity index (χ1v) is 9.47. The maximum atomic E-state index is 12.8. The Balaban J connectivity index is 1.51. The molecule has 4 heterocycles. The maximum Gasteiger partial charge on any atom is 0.255 e. The molecule has 27 heavy (non-hydrogen) atoms. The molecule has 1 unspecified atom stereocenters. The van der Waals surface area contributed by atoms with E-state index in [1.54, 1.807) is 24.9 Å². The number of furan rings is 1. The van der Waals surface area contributed by atoms with E-state index in [0.29, 0.717) is 17.6 Å². The SMILES string of the molecule is CC1CCN(C(CNC(=O)c2cncc3cccnc23)c2ccco2)CC1. The Morgan fingerprint density at radius 2 is 2.15 bits per heavy atom. The van der Waals surface area contributed by atoms with Gasteiger partial charge >= 0.3 is 0 Å². The Labute approximate surface area is 158 Å². The summed E-state index contributed by atoms with van der Waals surface area (Å²) < 4.78 is 5.67. The number of nitrogens with zero attached hydrogens (tertiary/aromatic N) is 3. The topological polar surface area (TPSA) is 71.3 Å². The first-order chi connectivity index (χ1) is 13.2. The van der Waals surface area contributed by atoms with Gasteiger partial charge in [-0.15, -0.1) is 0 Å². The fourth-order valence-electron chi connectivity index (χ4n) is 3.68. The Bertz CT molecular complexity index is 896. The second-order valence-corrected chi connectivity index (χ2v) is 7.22. The lowest BCUT2D eigenvalue weighted by atomic mass is 9.97. The van der Waals surface area contributed by atoms with Crippen LogP contribution < -0.4 is 5.32 Å². The predicted molar refractivity (Wildman–Crippen MR) is 103 cm³/mol. The quantitative estimate of drug-likeness (QED) is 0.751. The van der Waals surface area contributed by atoms with Crippen molar-refractivity contribution in [1.82, 2.24) is 20.2 Å². The second-order valence-electron chi connectivity index (χ2n) is 7.22. The first-order valence-electron chi connectivity index (χ1n) is 9.47. The van der Waals surface area contributed by atoms with Crippen LogP contribution in [0.4, 0.5) is 0 Å². The molecule has 0 aromatic carbocycles.